The zero-order chi connectivity index (χ0) is 20.1. The van der Waals surface area contributed by atoms with E-state index in [0.29, 0.717) is 17.8 Å². The van der Waals surface area contributed by atoms with E-state index in [1.807, 2.05) is 18.2 Å². The zero-order valence-corrected chi connectivity index (χ0v) is 17.0. The van der Waals surface area contributed by atoms with E-state index in [0.717, 1.165) is 11.8 Å². The molecule has 0 aromatic heterocycles. The highest BCUT2D eigenvalue weighted by Gasteiger charge is 2.18. The molecule has 0 heterocycles. The monoisotopic (exact) mass is 386 g/mol. The number of benzene rings is 2. The molecule has 0 unspecified atom stereocenters. The summed E-state index contributed by atoms with van der Waals surface area (Å²) >= 11 is 0. The van der Waals surface area contributed by atoms with Crippen molar-refractivity contribution >= 4 is 21.5 Å². The van der Waals surface area contributed by atoms with Crippen molar-refractivity contribution in [2.45, 2.75) is 32.9 Å². The lowest BCUT2D eigenvalue weighted by Crippen LogP contribution is -2.36. The van der Waals surface area contributed by atoms with Gasteiger partial charge in [0.15, 0.2) is 5.78 Å². The summed E-state index contributed by atoms with van der Waals surface area (Å²) in [5.41, 5.74) is 1.79. The molecule has 0 bridgehead atoms. The molecule has 1 N–H and O–H groups in total. The van der Waals surface area contributed by atoms with Crippen molar-refractivity contribution in [3.05, 3.63) is 78.0 Å². The highest BCUT2D eigenvalue weighted by atomic mass is 32.2. The number of rotatable bonds is 7. The Bertz CT molecular complexity index is 914. The highest BCUT2D eigenvalue weighted by Crippen LogP contribution is 2.19. The molecule has 27 heavy (non-hydrogen) atoms. The van der Waals surface area contributed by atoms with Gasteiger partial charge in [-0.3, -0.25) is 9.52 Å². The Hall–Kier alpha value is -2.60. The summed E-state index contributed by atoms with van der Waals surface area (Å²) in [6.45, 7) is 6.94. The Morgan fingerprint density at radius 1 is 1.07 bits per heavy atom. The van der Waals surface area contributed by atoms with Gasteiger partial charge in [0.05, 0.1) is 6.26 Å². The number of ketones is 1. The van der Waals surface area contributed by atoms with Gasteiger partial charge in [-0.05, 0) is 38.5 Å². The van der Waals surface area contributed by atoms with E-state index in [2.05, 4.69) is 42.5 Å². The molecule has 0 amide bonds. The third-order valence-corrected chi connectivity index (χ3v) is 4.52. The molecule has 0 fully saturated rings. The third kappa shape index (κ3) is 6.90. The molecule has 6 heteroatoms. The van der Waals surface area contributed by atoms with Crippen molar-refractivity contribution in [3.63, 3.8) is 0 Å². The topological polar surface area (TPSA) is 66.5 Å². The minimum atomic E-state index is -3.39. The number of hydrogen-bond donors (Lipinski definition) is 1. The van der Waals surface area contributed by atoms with E-state index in [4.69, 9.17) is 0 Å². The van der Waals surface area contributed by atoms with E-state index in [1.165, 1.54) is 12.1 Å². The Morgan fingerprint density at radius 3 is 2.33 bits per heavy atom. The molecule has 2 aromatic rings. The van der Waals surface area contributed by atoms with Crippen molar-refractivity contribution in [2.24, 2.45) is 0 Å². The molecule has 0 radical (unpaired) electrons. The molecule has 0 saturated carbocycles. The lowest BCUT2D eigenvalue weighted by Gasteiger charge is -2.35. The van der Waals surface area contributed by atoms with Crippen molar-refractivity contribution in [3.8, 4) is 0 Å². The maximum Gasteiger partial charge on any atom is 0.229 e. The first-order valence-electron chi connectivity index (χ1n) is 8.66. The molecule has 0 aliphatic rings. The number of allylic oxidation sites excluding steroid dienone is 1. The van der Waals surface area contributed by atoms with Crippen LogP contribution in [0.2, 0.25) is 0 Å². The Morgan fingerprint density at radius 2 is 1.74 bits per heavy atom. The van der Waals surface area contributed by atoms with Gasteiger partial charge < -0.3 is 4.90 Å². The Kier molecular flexibility index (Phi) is 6.44. The van der Waals surface area contributed by atoms with Gasteiger partial charge in [0.2, 0.25) is 10.0 Å². The van der Waals surface area contributed by atoms with Gasteiger partial charge in [0.25, 0.3) is 0 Å². The van der Waals surface area contributed by atoms with Gasteiger partial charge >= 0.3 is 0 Å². The quantitative estimate of drug-likeness (QED) is 0.576. The maximum absolute atomic E-state index is 12.6. The van der Waals surface area contributed by atoms with Gasteiger partial charge in [-0.2, -0.15) is 0 Å². The minimum absolute atomic E-state index is 0.160. The lowest BCUT2D eigenvalue weighted by molar-refractivity contribution is 0.104. The molecule has 2 rings (SSSR count). The first-order chi connectivity index (χ1) is 12.5. The highest BCUT2D eigenvalue weighted by molar-refractivity contribution is 7.92. The van der Waals surface area contributed by atoms with Crippen LogP contribution in [0.5, 0.6) is 0 Å². The Balaban J connectivity index is 2.18. The van der Waals surface area contributed by atoms with Crippen LogP contribution in [-0.2, 0) is 16.6 Å². The second-order valence-electron chi connectivity index (χ2n) is 7.42. The number of nitrogens with zero attached hydrogens (tertiary/aromatic N) is 1. The first-order valence-corrected chi connectivity index (χ1v) is 10.5. The fourth-order valence-corrected chi connectivity index (χ4v) is 3.05. The summed E-state index contributed by atoms with van der Waals surface area (Å²) < 4.78 is 25.1. The zero-order valence-electron chi connectivity index (χ0n) is 16.1. The summed E-state index contributed by atoms with van der Waals surface area (Å²) in [5, 5.41) is 0. The summed E-state index contributed by atoms with van der Waals surface area (Å²) in [6, 6.07) is 16.5. The first kappa shape index (κ1) is 20.7. The minimum Gasteiger partial charge on any atom is -0.368 e. The maximum atomic E-state index is 12.6. The summed E-state index contributed by atoms with van der Waals surface area (Å²) in [7, 11) is -3.39. The third-order valence-electron chi connectivity index (χ3n) is 3.91. The fraction of sp³-hybridized carbons (Fsp3) is 0.286. The number of hydrogen-bond acceptors (Lipinski definition) is 4. The number of carbonyl (C=O) groups is 1. The van der Waals surface area contributed by atoms with Crippen LogP contribution >= 0.6 is 0 Å². The summed E-state index contributed by atoms with van der Waals surface area (Å²) in [5.74, 6) is -0.186. The van der Waals surface area contributed by atoms with Gasteiger partial charge in [-0.15, -0.1) is 0 Å². The van der Waals surface area contributed by atoms with Gasteiger partial charge in [0, 0.05) is 35.6 Å². The van der Waals surface area contributed by atoms with Crippen LogP contribution in [0.3, 0.4) is 0 Å². The molecular formula is C21H26N2O3S. The smallest absolute Gasteiger partial charge is 0.229 e. The second-order valence-corrected chi connectivity index (χ2v) is 9.17. The van der Waals surface area contributed by atoms with Gasteiger partial charge in [-0.1, -0.05) is 42.5 Å². The number of nitrogens with one attached hydrogen (secondary N) is 1. The average molecular weight is 387 g/mol. The van der Waals surface area contributed by atoms with E-state index in [9.17, 15) is 13.2 Å². The van der Waals surface area contributed by atoms with Crippen LogP contribution in [0.4, 0.5) is 5.69 Å². The molecule has 2 aromatic carbocycles. The molecular weight excluding hydrogens is 360 g/mol. The van der Waals surface area contributed by atoms with Crippen LogP contribution in [0.15, 0.2) is 66.9 Å². The van der Waals surface area contributed by atoms with Crippen molar-refractivity contribution in [1.82, 2.24) is 4.90 Å². The molecule has 5 nitrogen and oxygen atoms in total. The van der Waals surface area contributed by atoms with E-state index in [-0.39, 0.29) is 11.3 Å². The van der Waals surface area contributed by atoms with Crippen LogP contribution in [-0.4, -0.2) is 30.9 Å². The molecule has 0 spiro atoms. The fourth-order valence-electron chi connectivity index (χ4n) is 2.50. The SMILES string of the molecule is CC(C)(C)N(/C=C\C(=O)c1cccc(NS(C)(=O)=O)c1)Cc1ccccc1. The summed E-state index contributed by atoms with van der Waals surface area (Å²) in [4.78, 5) is 14.7. The van der Waals surface area contributed by atoms with Gasteiger partial charge in [-0.25, -0.2) is 8.42 Å². The number of carbonyl (C=O) groups excluding carboxylic acids is 1. The standard InChI is InChI=1S/C21H26N2O3S/c1-21(2,3)23(16-17-9-6-5-7-10-17)14-13-20(24)18-11-8-12-19(15-18)22-27(4,25)26/h5-15,22H,16H2,1-4H3/b14-13-. The van der Waals surface area contributed by atoms with Crippen LogP contribution in [0.1, 0.15) is 36.7 Å². The largest absolute Gasteiger partial charge is 0.368 e. The molecule has 0 aliphatic carbocycles. The number of anilines is 1. The van der Waals surface area contributed by atoms with Crippen LogP contribution < -0.4 is 4.72 Å². The predicted molar refractivity (Wildman–Crippen MR) is 110 cm³/mol. The molecule has 0 saturated heterocycles. The molecule has 0 atom stereocenters. The normalized spacial score (nSPS) is 12.1. The predicted octanol–water partition coefficient (Wildman–Crippen LogP) is 4.06. The Labute approximate surface area is 161 Å². The van der Waals surface area contributed by atoms with Crippen LogP contribution in [0, 0.1) is 0 Å². The lowest BCUT2D eigenvalue weighted by atomic mass is 10.0. The average Bonchev–Trinajstić information content (AvgIpc) is 2.57. The second kappa shape index (κ2) is 8.39. The van der Waals surface area contributed by atoms with Crippen LogP contribution in [0.25, 0.3) is 0 Å². The number of sulfonamides is 1. The van der Waals surface area contributed by atoms with E-state index < -0.39 is 10.0 Å². The van der Waals surface area contributed by atoms with E-state index >= 15 is 0 Å². The summed E-state index contributed by atoms with van der Waals surface area (Å²) in [6.07, 6.45) is 4.39. The van der Waals surface area contributed by atoms with Crippen molar-refractivity contribution in [1.29, 1.82) is 0 Å². The van der Waals surface area contributed by atoms with Gasteiger partial charge in [0.1, 0.15) is 0 Å². The van der Waals surface area contributed by atoms with E-state index in [1.54, 1.807) is 24.4 Å². The molecule has 144 valence electrons. The van der Waals surface area contributed by atoms with Crippen molar-refractivity contribution in [2.75, 3.05) is 11.0 Å². The van der Waals surface area contributed by atoms with Crippen molar-refractivity contribution < 1.29 is 13.2 Å². The molecule has 0 aliphatic heterocycles.